The Kier molecular flexibility index (Phi) is 6.35. The second-order valence-electron chi connectivity index (χ2n) is 10.5. The van der Waals surface area contributed by atoms with Gasteiger partial charge in [-0.3, -0.25) is 13.9 Å². The van der Waals surface area contributed by atoms with Crippen molar-refractivity contribution in [1.29, 1.82) is 0 Å². The van der Waals surface area contributed by atoms with Crippen LogP contribution in [0.25, 0.3) is 10.2 Å². The molecule has 1 aromatic heterocycles. The molecule has 0 aliphatic carbocycles. The van der Waals surface area contributed by atoms with Crippen molar-refractivity contribution >= 4 is 48.9 Å². The standard InChI is InChI=1S/C28H29N3O5S2/c1-17-6-10-20(11-7-17)38(34,35)31-16-24(36-23-13-8-18(14-22(23)31)28(2,3)4)26(32)29-19-9-12-21-25(15-19)37-27(33)30(21)5/h6-15,24H,16H2,1-5H3,(H,29,32)/t24-/m1/s1. The number of nitrogens with one attached hydrogen (secondary N) is 1. The van der Waals surface area contributed by atoms with E-state index in [1.165, 1.54) is 4.31 Å². The molecule has 1 atom stereocenters. The molecule has 10 heteroatoms. The third kappa shape index (κ3) is 4.69. The Morgan fingerprint density at radius 2 is 1.76 bits per heavy atom. The van der Waals surface area contributed by atoms with Crippen molar-refractivity contribution in [2.24, 2.45) is 7.05 Å². The summed E-state index contributed by atoms with van der Waals surface area (Å²) in [5, 5.41) is 2.83. The SMILES string of the molecule is Cc1ccc(S(=O)(=O)N2C[C@H](C(=O)Nc3ccc4c(c3)sc(=O)n4C)Oc3ccc(C(C)(C)C)cc32)cc1. The van der Waals surface area contributed by atoms with Crippen molar-refractivity contribution in [1.82, 2.24) is 4.57 Å². The monoisotopic (exact) mass is 551 g/mol. The topological polar surface area (TPSA) is 97.7 Å². The van der Waals surface area contributed by atoms with E-state index in [-0.39, 0.29) is 21.7 Å². The molecule has 5 rings (SSSR count). The maximum Gasteiger partial charge on any atom is 0.307 e. The van der Waals surface area contributed by atoms with Gasteiger partial charge in [0.15, 0.2) is 6.10 Å². The minimum atomic E-state index is -3.99. The van der Waals surface area contributed by atoms with Gasteiger partial charge >= 0.3 is 4.87 Å². The summed E-state index contributed by atoms with van der Waals surface area (Å²) in [6.07, 6.45) is -1.09. The number of aromatic nitrogens is 1. The molecule has 0 radical (unpaired) electrons. The maximum absolute atomic E-state index is 13.8. The lowest BCUT2D eigenvalue weighted by Gasteiger charge is -2.36. The Labute approximate surface area is 225 Å². The molecule has 3 aromatic carbocycles. The van der Waals surface area contributed by atoms with E-state index in [2.05, 4.69) is 5.32 Å². The molecule has 1 aliphatic rings. The summed E-state index contributed by atoms with van der Waals surface area (Å²) in [4.78, 5) is 25.4. The van der Waals surface area contributed by atoms with Gasteiger partial charge < -0.3 is 14.6 Å². The predicted molar refractivity (Wildman–Crippen MR) is 151 cm³/mol. The molecule has 0 saturated carbocycles. The minimum Gasteiger partial charge on any atom is -0.476 e. The van der Waals surface area contributed by atoms with E-state index in [9.17, 15) is 18.0 Å². The molecule has 4 aromatic rings. The van der Waals surface area contributed by atoms with E-state index < -0.39 is 22.0 Å². The predicted octanol–water partition coefficient (Wildman–Crippen LogP) is 4.80. The quantitative estimate of drug-likeness (QED) is 0.393. The fourth-order valence-corrected chi connectivity index (χ4v) is 6.74. The van der Waals surface area contributed by atoms with Gasteiger partial charge in [0, 0.05) is 12.7 Å². The summed E-state index contributed by atoms with van der Waals surface area (Å²) < 4.78 is 37.3. The number of hydrogen-bond acceptors (Lipinski definition) is 6. The summed E-state index contributed by atoms with van der Waals surface area (Å²) in [6, 6.07) is 17.3. The van der Waals surface area contributed by atoms with Gasteiger partial charge in [-0.15, -0.1) is 0 Å². The number of fused-ring (bicyclic) bond motifs is 2. The van der Waals surface area contributed by atoms with Crippen LogP contribution in [0.1, 0.15) is 31.9 Å². The van der Waals surface area contributed by atoms with Gasteiger partial charge in [0.05, 0.1) is 27.3 Å². The van der Waals surface area contributed by atoms with E-state index >= 15 is 0 Å². The third-order valence-corrected chi connectivity index (χ3v) is 9.45. The number of thiazole rings is 1. The average molecular weight is 552 g/mol. The zero-order valence-electron chi connectivity index (χ0n) is 21.8. The molecule has 0 spiro atoms. The molecule has 198 valence electrons. The van der Waals surface area contributed by atoms with Gasteiger partial charge in [0.1, 0.15) is 5.75 Å². The zero-order valence-corrected chi connectivity index (χ0v) is 23.4. The molecule has 38 heavy (non-hydrogen) atoms. The second kappa shape index (κ2) is 9.28. The number of amides is 1. The smallest absolute Gasteiger partial charge is 0.307 e. The first-order valence-corrected chi connectivity index (χ1v) is 14.4. The normalized spacial score (nSPS) is 15.7. The maximum atomic E-state index is 13.8. The molecule has 0 fully saturated rings. The van der Waals surface area contributed by atoms with Crippen LogP contribution in [0.5, 0.6) is 5.75 Å². The molecule has 1 aliphatic heterocycles. The molecule has 0 unspecified atom stereocenters. The van der Waals surface area contributed by atoms with E-state index in [4.69, 9.17) is 4.74 Å². The van der Waals surface area contributed by atoms with Crippen molar-refractivity contribution in [3.8, 4) is 5.75 Å². The third-order valence-electron chi connectivity index (χ3n) is 6.66. The number of carbonyl (C=O) groups excluding carboxylic acids is 1. The average Bonchev–Trinajstić information content (AvgIpc) is 3.15. The Morgan fingerprint density at radius 3 is 2.45 bits per heavy atom. The van der Waals surface area contributed by atoms with Crippen LogP contribution in [0.3, 0.4) is 0 Å². The molecule has 0 bridgehead atoms. The number of sulfonamides is 1. The van der Waals surface area contributed by atoms with E-state index in [1.807, 2.05) is 39.8 Å². The Hall–Kier alpha value is -3.63. The van der Waals surface area contributed by atoms with Crippen LogP contribution in [0.2, 0.25) is 0 Å². The molecule has 2 heterocycles. The van der Waals surface area contributed by atoms with E-state index in [0.29, 0.717) is 17.1 Å². The largest absolute Gasteiger partial charge is 0.476 e. The van der Waals surface area contributed by atoms with Crippen molar-refractivity contribution in [3.63, 3.8) is 0 Å². The van der Waals surface area contributed by atoms with Gasteiger partial charge in [-0.05, 0) is 60.4 Å². The minimum absolute atomic E-state index is 0.0951. The van der Waals surface area contributed by atoms with Crippen LogP contribution in [0.4, 0.5) is 11.4 Å². The van der Waals surface area contributed by atoms with Crippen LogP contribution in [-0.4, -0.2) is 31.5 Å². The molecule has 1 N–H and O–H groups in total. The number of benzene rings is 3. The first kappa shape index (κ1) is 26.0. The summed E-state index contributed by atoms with van der Waals surface area (Å²) in [6.45, 7) is 7.85. The van der Waals surface area contributed by atoms with Gasteiger partial charge in [0.25, 0.3) is 15.9 Å². The van der Waals surface area contributed by atoms with Crippen LogP contribution in [0.15, 0.2) is 70.4 Å². The number of anilines is 2. The lowest BCUT2D eigenvalue weighted by Crippen LogP contribution is -2.49. The van der Waals surface area contributed by atoms with E-state index in [0.717, 1.165) is 32.7 Å². The number of nitrogens with zero attached hydrogens (tertiary/aromatic N) is 2. The lowest BCUT2D eigenvalue weighted by molar-refractivity contribution is -0.122. The molecule has 1 amide bonds. The Bertz CT molecular complexity index is 1710. The van der Waals surface area contributed by atoms with Gasteiger partial charge in [-0.2, -0.15) is 0 Å². The second-order valence-corrected chi connectivity index (χ2v) is 13.3. The number of ether oxygens (including phenoxy) is 1. The number of rotatable bonds is 4. The lowest BCUT2D eigenvalue weighted by atomic mass is 9.86. The molecular formula is C28H29N3O5S2. The summed E-state index contributed by atoms with van der Waals surface area (Å²) in [7, 11) is -2.29. The highest BCUT2D eigenvalue weighted by molar-refractivity contribution is 7.92. The van der Waals surface area contributed by atoms with Crippen LogP contribution in [0, 0.1) is 6.92 Å². The van der Waals surface area contributed by atoms with Crippen LogP contribution < -0.4 is 19.2 Å². The highest BCUT2D eigenvalue weighted by Gasteiger charge is 2.38. The first-order chi connectivity index (χ1) is 17.8. The number of hydrogen-bond donors (Lipinski definition) is 1. The zero-order chi connectivity index (χ0) is 27.4. The van der Waals surface area contributed by atoms with Gasteiger partial charge in [0.2, 0.25) is 0 Å². The summed E-state index contributed by atoms with van der Waals surface area (Å²) in [5.74, 6) is -0.168. The number of aryl methyl sites for hydroxylation is 2. The Morgan fingerprint density at radius 1 is 1.05 bits per heavy atom. The fourth-order valence-electron chi connectivity index (χ4n) is 4.35. The summed E-state index contributed by atoms with van der Waals surface area (Å²) >= 11 is 1.09. The highest BCUT2D eigenvalue weighted by atomic mass is 32.2. The van der Waals surface area contributed by atoms with Crippen molar-refractivity contribution in [2.45, 2.75) is 44.1 Å². The molecular weight excluding hydrogens is 522 g/mol. The van der Waals surface area contributed by atoms with Crippen LogP contribution in [-0.2, 0) is 27.3 Å². The van der Waals surface area contributed by atoms with Crippen LogP contribution >= 0.6 is 11.3 Å². The first-order valence-electron chi connectivity index (χ1n) is 12.2. The van der Waals surface area contributed by atoms with Gasteiger partial charge in [-0.25, -0.2) is 8.42 Å². The molecule has 0 saturated heterocycles. The number of carbonyl (C=O) groups is 1. The fraction of sp³-hybridized carbons (Fsp3) is 0.286. The van der Waals surface area contributed by atoms with Crippen molar-refractivity contribution in [2.75, 3.05) is 16.2 Å². The van der Waals surface area contributed by atoms with Gasteiger partial charge in [-0.1, -0.05) is 55.9 Å². The Balaban J connectivity index is 1.51. The molecule has 8 nitrogen and oxygen atoms in total. The highest BCUT2D eigenvalue weighted by Crippen LogP contribution is 2.40. The summed E-state index contributed by atoms with van der Waals surface area (Å²) in [5.41, 5.74) is 3.34. The van der Waals surface area contributed by atoms with E-state index in [1.54, 1.807) is 60.1 Å². The van der Waals surface area contributed by atoms with Crippen molar-refractivity contribution in [3.05, 3.63) is 81.5 Å². The van der Waals surface area contributed by atoms with Crippen molar-refractivity contribution < 1.29 is 17.9 Å².